The Bertz CT molecular complexity index is 1140. The van der Waals surface area contributed by atoms with Crippen LogP contribution >= 0.6 is 7.26 Å². The van der Waals surface area contributed by atoms with Crippen LogP contribution in [0.15, 0.2) is 150 Å². The van der Waals surface area contributed by atoms with Gasteiger partial charge in [0.05, 0.1) is 6.16 Å². The molecule has 0 aliphatic rings. The first-order valence-corrected chi connectivity index (χ1v) is 13.9. The van der Waals surface area contributed by atoms with Gasteiger partial charge in [0.2, 0.25) is 0 Å². The van der Waals surface area contributed by atoms with Gasteiger partial charge in [0, 0.05) is 0 Å². The van der Waals surface area contributed by atoms with Gasteiger partial charge in [-0.25, -0.2) is 0 Å². The lowest BCUT2D eigenvalue weighted by molar-refractivity contribution is -0.104. The van der Waals surface area contributed by atoms with Crippen LogP contribution in [0, 0.1) is 0 Å². The fourth-order valence-corrected chi connectivity index (χ4v) is 8.41. The number of hydrogen-bond acceptors (Lipinski definition) is 1. The zero-order valence-electron chi connectivity index (χ0n) is 21.2. The molecule has 0 heterocycles. The summed E-state index contributed by atoms with van der Waals surface area (Å²) < 4.78 is 0. The Morgan fingerprint density at radius 3 is 1.47 bits per heavy atom. The molecule has 0 aromatic heterocycles. The Morgan fingerprint density at radius 1 is 0.611 bits per heavy atom. The lowest BCUT2D eigenvalue weighted by atomic mass is 10.2. The molecule has 0 N–H and O–H groups in total. The third-order valence-corrected chi connectivity index (χ3v) is 10.3. The van der Waals surface area contributed by atoms with E-state index in [2.05, 4.69) is 129 Å². The molecule has 0 spiro atoms. The number of halogens is 1. The molecular weight excluding hydrogens is 523 g/mol. The van der Waals surface area contributed by atoms with Crippen molar-refractivity contribution in [2.24, 2.45) is 0 Å². The van der Waals surface area contributed by atoms with Crippen LogP contribution in [-0.2, 0) is 4.79 Å². The van der Waals surface area contributed by atoms with Gasteiger partial charge in [-0.05, 0) is 68.3 Å². The summed E-state index contributed by atoms with van der Waals surface area (Å²) in [6.07, 6.45) is 16.1. The minimum Gasteiger partial charge on any atom is -1.00 e. The molecule has 0 aliphatic carbocycles. The molecule has 0 saturated heterocycles. The van der Waals surface area contributed by atoms with Crippen LogP contribution in [0.3, 0.4) is 0 Å². The van der Waals surface area contributed by atoms with E-state index in [1.165, 1.54) is 21.5 Å². The van der Waals surface area contributed by atoms with Gasteiger partial charge < -0.3 is 17.0 Å². The molecule has 3 rings (SSSR count). The lowest BCUT2D eigenvalue weighted by Gasteiger charge is -2.28. The van der Waals surface area contributed by atoms with Crippen molar-refractivity contribution in [3.05, 3.63) is 150 Å². The minimum absolute atomic E-state index is 0. The molecule has 36 heavy (non-hydrogen) atoms. The maximum Gasteiger partial charge on any atom is 0.145 e. The Labute approximate surface area is 227 Å². The van der Waals surface area contributed by atoms with Crippen molar-refractivity contribution < 1.29 is 21.8 Å². The van der Waals surface area contributed by atoms with Gasteiger partial charge in [0.1, 0.15) is 29.5 Å². The first-order chi connectivity index (χ1) is 17.1. The number of carbonyl (C=O) groups is 1. The highest BCUT2D eigenvalue weighted by atomic mass is 79.9. The zero-order valence-corrected chi connectivity index (χ0v) is 23.7. The van der Waals surface area contributed by atoms with E-state index >= 15 is 0 Å². The number of rotatable bonds is 10. The summed E-state index contributed by atoms with van der Waals surface area (Å²) in [6.45, 7) is 6.09. The number of aldehydes is 1. The highest BCUT2D eigenvalue weighted by Gasteiger charge is 2.45. The van der Waals surface area contributed by atoms with Crippen molar-refractivity contribution in [1.29, 1.82) is 0 Å². The first kappa shape index (κ1) is 29.2. The van der Waals surface area contributed by atoms with E-state index in [1.807, 2.05) is 18.2 Å². The van der Waals surface area contributed by atoms with Crippen molar-refractivity contribution >= 4 is 29.5 Å². The predicted octanol–water partition coefficient (Wildman–Crippen LogP) is 4.13. The third-order valence-electron chi connectivity index (χ3n) is 5.83. The molecule has 0 fully saturated rings. The van der Waals surface area contributed by atoms with E-state index in [0.29, 0.717) is 5.57 Å². The van der Waals surface area contributed by atoms with E-state index in [-0.39, 0.29) is 17.0 Å². The van der Waals surface area contributed by atoms with Gasteiger partial charge in [0.25, 0.3) is 0 Å². The normalized spacial score (nSPS) is 13.1. The van der Waals surface area contributed by atoms with Gasteiger partial charge in [-0.3, -0.25) is 4.79 Å². The molecule has 0 radical (unpaired) electrons. The number of hydrogen-bond donors (Lipinski definition) is 0. The molecular formula is C33H34BrOP. The second kappa shape index (κ2) is 15.1. The Morgan fingerprint density at radius 2 is 1.03 bits per heavy atom. The molecule has 3 aromatic carbocycles. The van der Waals surface area contributed by atoms with Gasteiger partial charge in [-0.1, -0.05) is 103 Å². The van der Waals surface area contributed by atoms with Crippen molar-refractivity contribution in [3.63, 3.8) is 0 Å². The summed E-state index contributed by atoms with van der Waals surface area (Å²) in [4.78, 5) is 10.7. The summed E-state index contributed by atoms with van der Waals surface area (Å²) in [5.41, 5.74) is 3.18. The zero-order chi connectivity index (χ0) is 24.9. The Balaban J connectivity index is 0.00000456. The quantitative estimate of drug-likeness (QED) is 0.159. The van der Waals surface area contributed by atoms with Crippen LogP contribution in [0.4, 0.5) is 0 Å². The van der Waals surface area contributed by atoms with Crippen LogP contribution in [-0.4, -0.2) is 12.4 Å². The topological polar surface area (TPSA) is 17.1 Å². The lowest BCUT2D eigenvalue weighted by Crippen LogP contribution is -3.00. The standard InChI is InChI=1S/C33H34OP.BrH/c1-28(18-15-19-29(2)26-34)16-13-14-17-30(3)27-35(31-20-7-4-8-21-31,32-22-9-5-10-23-32)33-24-11-6-12-25-33;/h4-26H,27H2,1-3H3;1H/q+1;/p-1/b14-13+,18-15+,28-16+,29-19+,30-17+;. The van der Waals surface area contributed by atoms with Gasteiger partial charge >= 0.3 is 0 Å². The monoisotopic (exact) mass is 556 g/mol. The molecule has 0 amide bonds. The van der Waals surface area contributed by atoms with Crippen molar-refractivity contribution in [3.8, 4) is 0 Å². The first-order valence-electron chi connectivity index (χ1n) is 11.9. The Hall–Kier alpha value is -3.06. The van der Waals surface area contributed by atoms with E-state index in [1.54, 1.807) is 6.92 Å². The van der Waals surface area contributed by atoms with Gasteiger partial charge in [-0.15, -0.1) is 0 Å². The number of carbonyl (C=O) groups excluding carboxylic acids is 1. The minimum atomic E-state index is -1.87. The van der Waals surface area contributed by atoms with Crippen molar-refractivity contribution in [2.45, 2.75) is 20.8 Å². The predicted molar refractivity (Wildman–Crippen MR) is 156 cm³/mol. The van der Waals surface area contributed by atoms with E-state index in [4.69, 9.17) is 0 Å². The molecule has 1 nitrogen and oxygen atoms in total. The maximum atomic E-state index is 10.7. The van der Waals surface area contributed by atoms with Crippen LogP contribution in [0.5, 0.6) is 0 Å². The largest absolute Gasteiger partial charge is 1.00 e. The molecule has 184 valence electrons. The molecule has 0 unspecified atom stereocenters. The van der Waals surface area contributed by atoms with Crippen molar-refractivity contribution in [1.82, 2.24) is 0 Å². The molecule has 0 atom stereocenters. The van der Waals surface area contributed by atoms with Crippen LogP contribution < -0.4 is 32.9 Å². The fourth-order valence-electron chi connectivity index (χ4n) is 4.07. The van der Waals surface area contributed by atoms with E-state index in [0.717, 1.165) is 18.0 Å². The van der Waals surface area contributed by atoms with E-state index in [9.17, 15) is 4.79 Å². The van der Waals surface area contributed by atoms with Crippen LogP contribution in [0.25, 0.3) is 0 Å². The SMILES string of the molecule is C\C(C=O)=C/C=C/C(C)=C/C=C/C=C(\C)C[P+](c1ccccc1)(c1ccccc1)c1ccccc1.[Br-]. The summed E-state index contributed by atoms with van der Waals surface area (Å²) in [6, 6.07) is 32.9. The molecule has 3 heteroatoms. The van der Waals surface area contributed by atoms with Crippen LogP contribution in [0.1, 0.15) is 20.8 Å². The molecule has 0 saturated carbocycles. The number of allylic oxidation sites excluding steroid dienone is 10. The maximum absolute atomic E-state index is 10.7. The summed E-state index contributed by atoms with van der Waals surface area (Å²) in [5, 5.41) is 4.19. The second-order valence-electron chi connectivity index (χ2n) is 8.67. The fraction of sp³-hybridized carbons (Fsp3) is 0.121. The van der Waals surface area contributed by atoms with Gasteiger partial charge in [-0.2, -0.15) is 0 Å². The summed E-state index contributed by atoms with van der Waals surface area (Å²) >= 11 is 0. The molecule has 3 aromatic rings. The second-order valence-corrected chi connectivity index (χ2v) is 12.2. The molecule has 0 aliphatic heterocycles. The highest BCUT2D eigenvalue weighted by Crippen LogP contribution is 2.56. The summed E-state index contributed by atoms with van der Waals surface area (Å²) in [7, 11) is -1.87. The average Bonchev–Trinajstić information content (AvgIpc) is 2.91. The smallest absolute Gasteiger partial charge is 0.145 e. The van der Waals surface area contributed by atoms with Gasteiger partial charge in [0.15, 0.2) is 0 Å². The van der Waals surface area contributed by atoms with Crippen molar-refractivity contribution in [2.75, 3.05) is 6.16 Å². The summed E-state index contributed by atoms with van der Waals surface area (Å²) in [5.74, 6) is 0. The highest BCUT2D eigenvalue weighted by molar-refractivity contribution is 7.95. The molecule has 0 bridgehead atoms. The Kier molecular flexibility index (Phi) is 12.3. The number of benzene rings is 3. The average molecular weight is 558 g/mol. The van der Waals surface area contributed by atoms with E-state index < -0.39 is 7.26 Å². The third kappa shape index (κ3) is 7.98. The van der Waals surface area contributed by atoms with Crippen LogP contribution in [0.2, 0.25) is 0 Å².